The molecule has 1 aromatic heterocycles. The second-order valence-electron chi connectivity index (χ2n) is 7.37. The number of benzene rings is 2. The molecule has 0 aliphatic heterocycles. The third-order valence-corrected chi connectivity index (χ3v) is 4.93. The molecule has 7 nitrogen and oxygen atoms in total. The summed E-state index contributed by atoms with van der Waals surface area (Å²) in [5, 5.41) is 0. The van der Waals surface area contributed by atoms with Crippen LogP contribution >= 0.6 is 0 Å². The lowest BCUT2D eigenvalue weighted by atomic mass is 9.96. The Morgan fingerprint density at radius 1 is 1.12 bits per heavy atom. The number of nitrogens with one attached hydrogen (secondary N) is 1. The Balaban J connectivity index is 2.20. The zero-order valence-corrected chi connectivity index (χ0v) is 18.9. The summed E-state index contributed by atoms with van der Waals surface area (Å²) < 4.78 is 16.4. The van der Waals surface area contributed by atoms with Gasteiger partial charge in [-0.1, -0.05) is 48.1 Å². The molecule has 0 fully saturated rings. The molecule has 0 spiro atoms. The molecule has 0 aliphatic carbocycles. The van der Waals surface area contributed by atoms with Crippen LogP contribution < -0.4 is 9.47 Å². The molecule has 0 aliphatic rings. The molecule has 0 atom stereocenters. The van der Waals surface area contributed by atoms with Gasteiger partial charge in [-0.3, -0.25) is 0 Å². The van der Waals surface area contributed by atoms with Gasteiger partial charge < -0.3 is 19.2 Å². The summed E-state index contributed by atoms with van der Waals surface area (Å²) in [5.74, 6) is -0.784. The number of allylic oxidation sites excluding steroid dienone is 1. The Hall–Kier alpha value is -4.13. The van der Waals surface area contributed by atoms with Gasteiger partial charge in [0.2, 0.25) is 5.82 Å². The quantitative estimate of drug-likeness (QED) is 0.213. The summed E-state index contributed by atoms with van der Waals surface area (Å²) >= 11 is 0. The van der Waals surface area contributed by atoms with Crippen LogP contribution in [-0.4, -0.2) is 36.1 Å². The number of hydrogen-bond donors (Lipinski definition) is 1. The minimum absolute atomic E-state index is 0.0147. The molecular weight excluding hydrogens is 420 g/mol. The molecule has 0 saturated heterocycles. The SMILES string of the molecule is C=C(C)CCc1c(OC)cc(/C=C/c2ccccc2)c(C(=O)OC)c1OC(=O)c1ncc[nH]1. The number of esters is 2. The zero-order valence-electron chi connectivity index (χ0n) is 18.9. The number of carbonyl (C=O) groups excluding carboxylic acids is 2. The highest BCUT2D eigenvalue weighted by molar-refractivity contribution is 6.00. The van der Waals surface area contributed by atoms with E-state index in [-0.39, 0.29) is 17.1 Å². The van der Waals surface area contributed by atoms with Crippen molar-refractivity contribution in [3.63, 3.8) is 0 Å². The maximum absolute atomic E-state index is 12.9. The van der Waals surface area contributed by atoms with E-state index in [0.29, 0.717) is 29.7 Å². The van der Waals surface area contributed by atoms with Crippen molar-refractivity contribution in [1.82, 2.24) is 9.97 Å². The Kier molecular flexibility index (Phi) is 7.81. The average molecular weight is 447 g/mol. The number of hydrogen-bond acceptors (Lipinski definition) is 6. The monoisotopic (exact) mass is 446 g/mol. The fraction of sp³-hybridized carbons (Fsp3) is 0.192. The van der Waals surface area contributed by atoms with Gasteiger partial charge in [0.15, 0.2) is 5.75 Å². The van der Waals surface area contributed by atoms with Gasteiger partial charge >= 0.3 is 11.9 Å². The first kappa shape index (κ1) is 23.5. The number of methoxy groups -OCH3 is 2. The Morgan fingerprint density at radius 2 is 1.88 bits per heavy atom. The summed E-state index contributed by atoms with van der Waals surface area (Å²) in [4.78, 5) is 32.3. The maximum Gasteiger partial charge on any atom is 0.379 e. The van der Waals surface area contributed by atoms with E-state index in [0.717, 1.165) is 11.1 Å². The van der Waals surface area contributed by atoms with Crippen LogP contribution in [0.15, 0.2) is 60.9 Å². The molecule has 170 valence electrons. The zero-order chi connectivity index (χ0) is 23.8. The second-order valence-corrected chi connectivity index (χ2v) is 7.37. The van der Waals surface area contributed by atoms with Gasteiger partial charge in [-0.2, -0.15) is 0 Å². The van der Waals surface area contributed by atoms with Crippen molar-refractivity contribution in [2.75, 3.05) is 14.2 Å². The summed E-state index contributed by atoms with van der Waals surface area (Å²) in [6.07, 6.45) is 7.63. The highest BCUT2D eigenvalue weighted by atomic mass is 16.5. The number of aromatic nitrogens is 2. The average Bonchev–Trinajstić information content (AvgIpc) is 3.37. The molecule has 3 rings (SSSR count). The summed E-state index contributed by atoms with van der Waals surface area (Å²) in [6.45, 7) is 5.85. The molecule has 1 N–H and O–H groups in total. The van der Waals surface area contributed by atoms with Crippen molar-refractivity contribution in [2.45, 2.75) is 19.8 Å². The molecule has 0 amide bonds. The van der Waals surface area contributed by atoms with E-state index in [1.165, 1.54) is 26.6 Å². The van der Waals surface area contributed by atoms with E-state index in [1.54, 1.807) is 12.1 Å². The number of H-pyrrole nitrogens is 1. The highest BCUT2D eigenvalue weighted by Gasteiger charge is 2.27. The Labute approximate surface area is 192 Å². The van der Waals surface area contributed by atoms with Crippen molar-refractivity contribution in [2.24, 2.45) is 0 Å². The first-order valence-corrected chi connectivity index (χ1v) is 10.4. The number of carbonyl (C=O) groups is 2. The smallest absolute Gasteiger partial charge is 0.379 e. The van der Waals surface area contributed by atoms with Gasteiger partial charge in [0.1, 0.15) is 11.3 Å². The van der Waals surface area contributed by atoms with Gasteiger partial charge in [-0.05, 0) is 37.0 Å². The van der Waals surface area contributed by atoms with E-state index >= 15 is 0 Å². The molecule has 0 radical (unpaired) electrons. The predicted octanol–water partition coefficient (Wildman–Crippen LogP) is 5.10. The third-order valence-electron chi connectivity index (χ3n) is 4.93. The summed E-state index contributed by atoms with van der Waals surface area (Å²) in [7, 11) is 2.81. The molecule has 33 heavy (non-hydrogen) atoms. The lowest BCUT2D eigenvalue weighted by molar-refractivity contribution is 0.0591. The van der Waals surface area contributed by atoms with Crippen LogP contribution in [0, 0.1) is 0 Å². The molecule has 0 unspecified atom stereocenters. The number of ether oxygens (including phenoxy) is 3. The minimum atomic E-state index is -0.729. The minimum Gasteiger partial charge on any atom is -0.496 e. The van der Waals surface area contributed by atoms with Crippen LogP contribution in [0.5, 0.6) is 11.5 Å². The number of aromatic amines is 1. The van der Waals surface area contributed by atoms with E-state index in [9.17, 15) is 9.59 Å². The first-order chi connectivity index (χ1) is 15.9. The fourth-order valence-corrected chi connectivity index (χ4v) is 3.28. The van der Waals surface area contributed by atoms with Crippen molar-refractivity contribution < 1.29 is 23.8 Å². The van der Waals surface area contributed by atoms with Crippen LogP contribution in [0.2, 0.25) is 0 Å². The van der Waals surface area contributed by atoms with Gasteiger partial charge in [-0.25, -0.2) is 14.6 Å². The van der Waals surface area contributed by atoms with E-state index in [1.807, 2.05) is 43.3 Å². The van der Waals surface area contributed by atoms with Crippen LogP contribution in [0.4, 0.5) is 0 Å². The van der Waals surface area contributed by atoms with E-state index < -0.39 is 11.9 Å². The Bertz CT molecular complexity index is 1170. The topological polar surface area (TPSA) is 90.5 Å². The molecule has 2 aromatic carbocycles. The summed E-state index contributed by atoms with van der Waals surface area (Å²) in [5.41, 5.74) is 3.06. The van der Waals surface area contributed by atoms with Crippen molar-refractivity contribution >= 4 is 24.1 Å². The van der Waals surface area contributed by atoms with E-state index in [4.69, 9.17) is 14.2 Å². The molecule has 0 saturated carbocycles. The number of rotatable bonds is 9. The van der Waals surface area contributed by atoms with Gasteiger partial charge in [0.25, 0.3) is 0 Å². The molecule has 1 heterocycles. The van der Waals surface area contributed by atoms with E-state index in [2.05, 4.69) is 16.5 Å². The highest BCUT2D eigenvalue weighted by Crippen LogP contribution is 2.38. The van der Waals surface area contributed by atoms with Crippen LogP contribution in [-0.2, 0) is 11.2 Å². The second kappa shape index (κ2) is 10.9. The third kappa shape index (κ3) is 5.77. The lowest BCUT2D eigenvalue weighted by Gasteiger charge is -2.19. The van der Waals surface area contributed by atoms with Crippen LogP contribution in [0.3, 0.4) is 0 Å². The van der Waals surface area contributed by atoms with Gasteiger partial charge in [-0.15, -0.1) is 6.58 Å². The number of nitrogens with zero attached hydrogens (tertiary/aromatic N) is 1. The Morgan fingerprint density at radius 3 is 2.48 bits per heavy atom. The molecule has 7 heteroatoms. The predicted molar refractivity (Wildman–Crippen MR) is 126 cm³/mol. The number of imidazole rings is 1. The largest absolute Gasteiger partial charge is 0.496 e. The van der Waals surface area contributed by atoms with Crippen molar-refractivity contribution in [3.8, 4) is 11.5 Å². The fourth-order valence-electron chi connectivity index (χ4n) is 3.28. The van der Waals surface area contributed by atoms with Crippen molar-refractivity contribution in [3.05, 3.63) is 89.0 Å². The van der Waals surface area contributed by atoms with Crippen molar-refractivity contribution in [1.29, 1.82) is 0 Å². The van der Waals surface area contributed by atoms with Crippen LogP contribution in [0.25, 0.3) is 12.2 Å². The first-order valence-electron chi connectivity index (χ1n) is 10.4. The normalized spacial score (nSPS) is 10.8. The maximum atomic E-state index is 12.9. The summed E-state index contributed by atoms with van der Waals surface area (Å²) in [6, 6.07) is 11.4. The lowest BCUT2D eigenvalue weighted by Crippen LogP contribution is -2.17. The molecule has 0 bridgehead atoms. The van der Waals surface area contributed by atoms with Crippen LogP contribution in [0.1, 0.15) is 51.0 Å². The van der Waals surface area contributed by atoms with Gasteiger partial charge in [0.05, 0.1) is 14.2 Å². The molecule has 3 aromatic rings. The molecular formula is C26H26N2O5. The standard InChI is InChI=1S/C26H26N2O5/c1-17(2)10-13-20-21(31-3)16-19(12-11-18-8-6-5-7-9-18)22(25(29)32-4)23(20)33-26(30)24-27-14-15-28-24/h5-9,11-12,14-16H,1,10,13H2,2-4H3,(H,27,28)/b12-11+. The van der Waals surface area contributed by atoms with Gasteiger partial charge in [0, 0.05) is 18.0 Å².